The van der Waals surface area contributed by atoms with Crippen LogP contribution in [0.5, 0.6) is 0 Å². The average Bonchev–Trinajstić information content (AvgIpc) is 2.51. The van der Waals surface area contributed by atoms with Gasteiger partial charge in [0, 0.05) is 25.1 Å². The number of hydrogen-bond donors (Lipinski definition) is 1. The van der Waals surface area contributed by atoms with Crippen molar-refractivity contribution in [2.45, 2.75) is 39.8 Å². The highest BCUT2D eigenvalue weighted by molar-refractivity contribution is 7.09. The van der Waals surface area contributed by atoms with Crippen LogP contribution in [0, 0.1) is 6.92 Å². The topological polar surface area (TPSA) is 34.1 Å². The summed E-state index contributed by atoms with van der Waals surface area (Å²) in [6.07, 6.45) is 0. The van der Waals surface area contributed by atoms with E-state index < -0.39 is 0 Å². The Bertz CT molecular complexity index is 297. The predicted octanol–water partition coefficient (Wildman–Crippen LogP) is 2.36. The molecule has 0 aliphatic rings. The smallest absolute Gasteiger partial charge is 0.0897 e. The number of aromatic nitrogens is 1. The van der Waals surface area contributed by atoms with Crippen molar-refractivity contribution in [3.63, 3.8) is 0 Å². The minimum Gasteiger partial charge on any atom is -0.375 e. The average molecular weight is 228 g/mol. The first-order chi connectivity index (χ1) is 7.03. The summed E-state index contributed by atoms with van der Waals surface area (Å²) < 4.78 is 5.59. The van der Waals surface area contributed by atoms with E-state index in [2.05, 4.69) is 29.5 Å². The third-order valence-corrected chi connectivity index (χ3v) is 2.88. The van der Waals surface area contributed by atoms with Crippen LogP contribution in [0.4, 0.5) is 0 Å². The highest BCUT2D eigenvalue weighted by atomic mass is 32.1. The van der Waals surface area contributed by atoms with E-state index in [0.29, 0.717) is 0 Å². The van der Waals surface area contributed by atoms with Gasteiger partial charge < -0.3 is 10.1 Å². The molecule has 0 atom stereocenters. The first kappa shape index (κ1) is 12.6. The minimum absolute atomic E-state index is 0.0974. The summed E-state index contributed by atoms with van der Waals surface area (Å²) in [5, 5.41) is 6.57. The maximum atomic E-state index is 5.59. The number of nitrogens with zero attached hydrogens (tertiary/aromatic N) is 1. The molecule has 86 valence electrons. The van der Waals surface area contributed by atoms with Crippen LogP contribution in [-0.4, -0.2) is 23.7 Å². The molecule has 0 unspecified atom stereocenters. The van der Waals surface area contributed by atoms with Crippen molar-refractivity contribution in [3.8, 4) is 0 Å². The molecular weight excluding hydrogens is 208 g/mol. The van der Waals surface area contributed by atoms with Gasteiger partial charge >= 0.3 is 0 Å². The Morgan fingerprint density at radius 2 is 2.27 bits per heavy atom. The predicted molar refractivity (Wildman–Crippen MR) is 64.3 cm³/mol. The second kappa shape index (κ2) is 5.58. The fourth-order valence-corrected chi connectivity index (χ4v) is 2.04. The molecule has 3 nitrogen and oxygen atoms in total. The van der Waals surface area contributed by atoms with Crippen LogP contribution in [0.15, 0.2) is 5.38 Å². The van der Waals surface area contributed by atoms with Crippen molar-refractivity contribution < 1.29 is 4.74 Å². The zero-order valence-electron chi connectivity index (χ0n) is 9.96. The van der Waals surface area contributed by atoms with Gasteiger partial charge in [-0.2, -0.15) is 0 Å². The molecular formula is C11H20N2OS. The molecule has 0 bridgehead atoms. The summed E-state index contributed by atoms with van der Waals surface area (Å²) in [4.78, 5) is 4.39. The molecule has 1 heterocycles. The lowest BCUT2D eigenvalue weighted by molar-refractivity contribution is -0.00901. The number of rotatable bonds is 6. The Morgan fingerprint density at radius 3 is 2.80 bits per heavy atom. The zero-order chi connectivity index (χ0) is 11.3. The number of aryl methyl sites for hydroxylation is 1. The molecule has 0 saturated carbocycles. The second-order valence-corrected chi connectivity index (χ2v) is 5.22. The van der Waals surface area contributed by atoms with Crippen LogP contribution >= 0.6 is 11.3 Å². The molecule has 0 aliphatic carbocycles. The van der Waals surface area contributed by atoms with E-state index >= 15 is 0 Å². The van der Waals surface area contributed by atoms with Crippen LogP contribution in [-0.2, 0) is 11.3 Å². The van der Waals surface area contributed by atoms with E-state index in [1.165, 1.54) is 0 Å². The quantitative estimate of drug-likeness (QED) is 0.811. The van der Waals surface area contributed by atoms with E-state index in [4.69, 9.17) is 4.74 Å². The van der Waals surface area contributed by atoms with E-state index in [1.807, 2.05) is 13.8 Å². The lowest BCUT2D eigenvalue weighted by atomic mass is 10.1. The largest absolute Gasteiger partial charge is 0.375 e. The molecule has 0 aliphatic heterocycles. The lowest BCUT2D eigenvalue weighted by Gasteiger charge is -2.24. The van der Waals surface area contributed by atoms with Crippen molar-refractivity contribution >= 4 is 11.3 Å². The Balaban J connectivity index is 2.27. The molecule has 4 heteroatoms. The van der Waals surface area contributed by atoms with E-state index in [9.17, 15) is 0 Å². The fraction of sp³-hybridized carbons (Fsp3) is 0.727. The molecule has 1 aromatic rings. The van der Waals surface area contributed by atoms with Crippen LogP contribution in [0.1, 0.15) is 31.5 Å². The molecule has 1 rings (SSSR count). The van der Waals surface area contributed by atoms with Crippen LogP contribution in [0.2, 0.25) is 0 Å². The van der Waals surface area contributed by atoms with Gasteiger partial charge in [0.05, 0.1) is 16.3 Å². The van der Waals surface area contributed by atoms with Gasteiger partial charge in [-0.3, -0.25) is 0 Å². The minimum atomic E-state index is -0.0974. The van der Waals surface area contributed by atoms with Crippen LogP contribution in [0.25, 0.3) is 0 Å². The normalized spacial score (nSPS) is 12.0. The highest BCUT2D eigenvalue weighted by Crippen LogP contribution is 2.09. The molecule has 0 amide bonds. The van der Waals surface area contributed by atoms with E-state index in [0.717, 1.165) is 30.4 Å². The summed E-state index contributed by atoms with van der Waals surface area (Å²) in [6, 6.07) is 0. The summed E-state index contributed by atoms with van der Waals surface area (Å²) in [5.74, 6) is 0. The van der Waals surface area contributed by atoms with E-state index in [1.54, 1.807) is 11.3 Å². The first-order valence-electron chi connectivity index (χ1n) is 5.29. The number of ether oxygens (including phenoxy) is 1. The van der Waals surface area contributed by atoms with Gasteiger partial charge in [0.1, 0.15) is 0 Å². The summed E-state index contributed by atoms with van der Waals surface area (Å²) in [7, 11) is 0. The van der Waals surface area contributed by atoms with Gasteiger partial charge in [0.25, 0.3) is 0 Å². The number of thiazole rings is 1. The van der Waals surface area contributed by atoms with Gasteiger partial charge in [-0.15, -0.1) is 11.3 Å². The van der Waals surface area contributed by atoms with Gasteiger partial charge in [-0.05, 0) is 27.7 Å². The van der Waals surface area contributed by atoms with Crippen LogP contribution in [0.3, 0.4) is 0 Å². The fourth-order valence-electron chi connectivity index (χ4n) is 1.42. The van der Waals surface area contributed by atoms with Gasteiger partial charge in [0.2, 0.25) is 0 Å². The molecule has 0 fully saturated rings. The SMILES string of the molecule is CCOC(C)(C)CNCc1csc(C)n1. The van der Waals surface area contributed by atoms with Gasteiger partial charge in [-0.25, -0.2) is 4.98 Å². The molecule has 1 N–H and O–H groups in total. The van der Waals surface area contributed by atoms with Crippen molar-refractivity contribution in [1.29, 1.82) is 0 Å². The standard InChI is InChI=1S/C11H20N2OS/c1-5-14-11(3,4)8-12-6-10-7-15-9(2)13-10/h7,12H,5-6,8H2,1-4H3. The molecule has 0 spiro atoms. The number of nitrogens with one attached hydrogen (secondary N) is 1. The summed E-state index contributed by atoms with van der Waals surface area (Å²) in [6.45, 7) is 10.7. The molecule has 1 aromatic heterocycles. The van der Waals surface area contributed by atoms with Gasteiger partial charge in [0.15, 0.2) is 0 Å². The summed E-state index contributed by atoms with van der Waals surface area (Å²) >= 11 is 1.69. The number of hydrogen-bond acceptors (Lipinski definition) is 4. The molecule has 0 radical (unpaired) electrons. The Hall–Kier alpha value is -0.450. The highest BCUT2D eigenvalue weighted by Gasteiger charge is 2.16. The Kier molecular flexibility index (Phi) is 4.70. The molecule has 0 aromatic carbocycles. The molecule has 0 saturated heterocycles. The third-order valence-electron chi connectivity index (χ3n) is 2.06. The van der Waals surface area contributed by atoms with E-state index in [-0.39, 0.29) is 5.60 Å². The lowest BCUT2D eigenvalue weighted by Crippen LogP contribution is -2.37. The van der Waals surface area contributed by atoms with Crippen molar-refractivity contribution in [1.82, 2.24) is 10.3 Å². The van der Waals surface area contributed by atoms with Gasteiger partial charge in [-0.1, -0.05) is 0 Å². The monoisotopic (exact) mass is 228 g/mol. The van der Waals surface area contributed by atoms with Crippen LogP contribution < -0.4 is 5.32 Å². The zero-order valence-corrected chi connectivity index (χ0v) is 10.8. The Morgan fingerprint density at radius 1 is 1.53 bits per heavy atom. The second-order valence-electron chi connectivity index (χ2n) is 4.15. The van der Waals surface area contributed by atoms with Crippen molar-refractivity contribution in [2.24, 2.45) is 0 Å². The first-order valence-corrected chi connectivity index (χ1v) is 6.17. The van der Waals surface area contributed by atoms with Crippen molar-refractivity contribution in [2.75, 3.05) is 13.2 Å². The van der Waals surface area contributed by atoms with Crippen molar-refractivity contribution in [3.05, 3.63) is 16.1 Å². The molecule has 15 heavy (non-hydrogen) atoms. The maximum absolute atomic E-state index is 5.59. The third kappa shape index (κ3) is 4.73. The Labute approximate surface area is 95.9 Å². The summed E-state index contributed by atoms with van der Waals surface area (Å²) in [5.41, 5.74) is 1.02. The maximum Gasteiger partial charge on any atom is 0.0897 e.